The summed E-state index contributed by atoms with van der Waals surface area (Å²) in [4.78, 5) is 24.5. The Bertz CT molecular complexity index is 758. The maximum absolute atomic E-state index is 12.5. The number of sulfonamides is 1. The van der Waals surface area contributed by atoms with Gasteiger partial charge in [-0.05, 0) is 42.5 Å². The van der Waals surface area contributed by atoms with Gasteiger partial charge < -0.3 is 10.0 Å². The molecule has 2 rings (SSSR count). The minimum atomic E-state index is -3.96. The summed E-state index contributed by atoms with van der Waals surface area (Å²) in [6, 6.07) is 3.34. The summed E-state index contributed by atoms with van der Waals surface area (Å²) in [5.74, 6) is -1.69. The van der Waals surface area contributed by atoms with E-state index in [-0.39, 0.29) is 16.7 Å². The minimum absolute atomic E-state index is 0.0125. The first-order chi connectivity index (χ1) is 11.1. The van der Waals surface area contributed by atoms with E-state index in [1.54, 1.807) is 24.8 Å². The van der Waals surface area contributed by atoms with Crippen LogP contribution in [0.4, 0.5) is 5.69 Å². The van der Waals surface area contributed by atoms with Gasteiger partial charge in [-0.3, -0.25) is 9.59 Å². The van der Waals surface area contributed by atoms with Gasteiger partial charge in [0.2, 0.25) is 15.9 Å². The van der Waals surface area contributed by atoms with Crippen LogP contribution in [0.3, 0.4) is 0 Å². The molecule has 1 heterocycles. The summed E-state index contributed by atoms with van der Waals surface area (Å²) < 4.78 is 27.2. The molecular formula is C16H22N2O5S. The minimum Gasteiger partial charge on any atom is -0.480 e. The van der Waals surface area contributed by atoms with Crippen molar-refractivity contribution in [1.29, 1.82) is 0 Å². The van der Waals surface area contributed by atoms with Crippen molar-refractivity contribution < 1.29 is 23.1 Å². The third-order valence-corrected chi connectivity index (χ3v) is 5.51. The number of hydrogen-bond acceptors (Lipinski definition) is 4. The highest BCUT2D eigenvalue weighted by Gasteiger charge is 2.29. The van der Waals surface area contributed by atoms with Crippen LogP contribution in [0.2, 0.25) is 0 Å². The first kappa shape index (κ1) is 18.4. The van der Waals surface area contributed by atoms with Crippen LogP contribution >= 0.6 is 0 Å². The summed E-state index contributed by atoms with van der Waals surface area (Å²) >= 11 is 0. The number of anilines is 1. The molecule has 1 unspecified atom stereocenters. The lowest BCUT2D eigenvalue weighted by atomic mass is 10.0. The molecule has 7 nitrogen and oxygen atoms in total. The van der Waals surface area contributed by atoms with E-state index < -0.39 is 22.0 Å². The van der Waals surface area contributed by atoms with Crippen molar-refractivity contribution in [3.63, 3.8) is 0 Å². The zero-order valence-corrected chi connectivity index (χ0v) is 14.8. The molecule has 1 aromatic rings. The van der Waals surface area contributed by atoms with Gasteiger partial charge in [-0.1, -0.05) is 13.8 Å². The van der Waals surface area contributed by atoms with Crippen molar-refractivity contribution in [2.45, 2.75) is 44.6 Å². The molecule has 2 N–H and O–H groups in total. The quantitative estimate of drug-likeness (QED) is 0.831. The highest BCUT2D eigenvalue weighted by Crippen LogP contribution is 2.29. The Kier molecular flexibility index (Phi) is 5.29. The van der Waals surface area contributed by atoms with Crippen molar-refractivity contribution >= 4 is 27.6 Å². The summed E-state index contributed by atoms with van der Waals surface area (Å²) in [7, 11) is -3.96. The van der Waals surface area contributed by atoms with E-state index in [0.717, 1.165) is 12.0 Å². The lowest BCUT2D eigenvalue weighted by Crippen LogP contribution is -2.44. The Balaban J connectivity index is 2.35. The Morgan fingerprint density at radius 1 is 1.29 bits per heavy atom. The second kappa shape index (κ2) is 6.90. The van der Waals surface area contributed by atoms with Gasteiger partial charge in [0.25, 0.3) is 0 Å². The van der Waals surface area contributed by atoms with Crippen molar-refractivity contribution in [2.75, 3.05) is 11.4 Å². The fourth-order valence-electron chi connectivity index (χ4n) is 2.77. The van der Waals surface area contributed by atoms with Gasteiger partial charge >= 0.3 is 5.97 Å². The average molecular weight is 354 g/mol. The standard InChI is InChI=1S/C16H22N2O5S/c1-10(2)15(16(20)21)17-24(22,23)13-6-7-14-12(9-13)5-4-8-18(14)11(3)19/h6-7,9-10,15,17H,4-5,8H2,1-3H3,(H,20,21). The molecule has 0 spiro atoms. The molecule has 1 atom stereocenters. The van der Waals surface area contributed by atoms with Gasteiger partial charge in [0, 0.05) is 19.2 Å². The maximum atomic E-state index is 12.5. The highest BCUT2D eigenvalue weighted by molar-refractivity contribution is 7.89. The number of benzene rings is 1. The highest BCUT2D eigenvalue weighted by atomic mass is 32.2. The summed E-state index contributed by atoms with van der Waals surface area (Å²) in [6.07, 6.45) is 1.43. The molecule has 0 saturated heterocycles. The molecule has 1 amide bonds. The summed E-state index contributed by atoms with van der Waals surface area (Å²) in [5.41, 5.74) is 1.49. The molecule has 8 heteroatoms. The number of fused-ring (bicyclic) bond motifs is 1. The zero-order chi connectivity index (χ0) is 18.1. The van der Waals surface area contributed by atoms with Crippen LogP contribution in [-0.4, -0.2) is 38.0 Å². The van der Waals surface area contributed by atoms with Crippen molar-refractivity contribution in [1.82, 2.24) is 4.72 Å². The number of carbonyl (C=O) groups excluding carboxylic acids is 1. The Morgan fingerprint density at radius 3 is 2.50 bits per heavy atom. The van der Waals surface area contributed by atoms with E-state index in [0.29, 0.717) is 18.7 Å². The van der Waals surface area contributed by atoms with Crippen molar-refractivity contribution in [3.8, 4) is 0 Å². The smallest absolute Gasteiger partial charge is 0.322 e. The molecule has 0 fully saturated rings. The van der Waals surface area contributed by atoms with E-state index in [1.807, 2.05) is 0 Å². The van der Waals surface area contributed by atoms with Crippen LogP contribution in [-0.2, 0) is 26.0 Å². The van der Waals surface area contributed by atoms with E-state index in [2.05, 4.69) is 4.72 Å². The van der Waals surface area contributed by atoms with E-state index in [9.17, 15) is 23.1 Å². The van der Waals surface area contributed by atoms with Gasteiger partial charge in [0.15, 0.2) is 0 Å². The number of hydrogen-bond donors (Lipinski definition) is 2. The van der Waals surface area contributed by atoms with Crippen molar-refractivity contribution in [3.05, 3.63) is 23.8 Å². The summed E-state index contributed by atoms with van der Waals surface area (Å²) in [5, 5.41) is 9.17. The van der Waals surface area contributed by atoms with Crippen LogP contribution < -0.4 is 9.62 Å². The van der Waals surface area contributed by atoms with Gasteiger partial charge in [0.05, 0.1) is 4.90 Å². The summed E-state index contributed by atoms with van der Waals surface area (Å²) in [6.45, 7) is 5.36. The molecule has 1 aliphatic heterocycles. The molecule has 1 aliphatic rings. The second-order valence-corrected chi connectivity index (χ2v) is 7.96. The lowest BCUT2D eigenvalue weighted by Gasteiger charge is -2.29. The van der Waals surface area contributed by atoms with Crippen LogP contribution in [0.1, 0.15) is 32.8 Å². The van der Waals surface area contributed by atoms with Gasteiger partial charge in [0.1, 0.15) is 6.04 Å². The number of amides is 1. The third kappa shape index (κ3) is 3.76. The number of aryl methyl sites for hydroxylation is 1. The molecule has 1 aromatic carbocycles. The average Bonchev–Trinajstić information content (AvgIpc) is 2.50. The number of rotatable bonds is 5. The molecule has 0 saturated carbocycles. The number of nitrogens with zero attached hydrogens (tertiary/aromatic N) is 1. The fourth-order valence-corrected chi connectivity index (χ4v) is 4.16. The molecule has 132 valence electrons. The van der Waals surface area contributed by atoms with Crippen LogP contribution in [0, 0.1) is 5.92 Å². The molecule has 0 bridgehead atoms. The van der Waals surface area contributed by atoms with E-state index in [1.165, 1.54) is 19.1 Å². The number of carboxylic acid groups (broad SMARTS) is 1. The Morgan fingerprint density at radius 2 is 1.96 bits per heavy atom. The largest absolute Gasteiger partial charge is 0.480 e. The van der Waals surface area contributed by atoms with Gasteiger partial charge in [-0.2, -0.15) is 4.72 Å². The topological polar surface area (TPSA) is 104 Å². The molecule has 0 aromatic heterocycles. The predicted octanol–water partition coefficient (Wildman–Crippen LogP) is 1.37. The van der Waals surface area contributed by atoms with Crippen LogP contribution in [0.15, 0.2) is 23.1 Å². The van der Waals surface area contributed by atoms with E-state index >= 15 is 0 Å². The third-order valence-electron chi connectivity index (χ3n) is 4.07. The van der Waals surface area contributed by atoms with Crippen LogP contribution in [0.25, 0.3) is 0 Å². The van der Waals surface area contributed by atoms with Crippen LogP contribution in [0.5, 0.6) is 0 Å². The van der Waals surface area contributed by atoms with E-state index in [4.69, 9.17) is 0 Å². The number of carboxylic acids is 1. The number of nitrogens with one attached hydrogen (secondary N) is 1. The second-order valence-electron chi connectivity index (χ2n) is 6.25. The SMILES string of the molecule is CC(=O)N1CCCc2cc(S(=O)(=O)NC(C(=O)O)C(C)C)ccc21. The first-order valence-corrected chi connectivity index (χ1v) is 9.28. The molecule has 0 aliphatic carbocycles. The normalized spacial score (nSPS) is 15.9. The lowest BCUT2D eigenvalue weighted by molar-refractivity contribution is -0.140. The molecule has 24 heavy (non-hydrogen) atoms. The fraction of sp³-hybridized carbons (Fsp3) is 0.500. The predicted molar refractivity (Wildman–Crippen MR) is 89.4 cm³/mol. The Labute approximate surface area is 141 Å². The maximum Gasteiger partial charge on any atom is 0.322 e. The zero-order valence-electron chi connectivity index (χ0n) is 13.9. The van der Waals surface area contributed by atoms with Gasteiger partial charge in [-0.15, -0.1) is 0 Å². The molecule has 0 radical (unpaired) electrons. The number of aliphatic carboxylic acids is 1. The monoisotopic (exact) mass is 354 g/mol. The molecular weight excluding hydrogens is 332 g/mol. The number of carbonyl (C=O) groups is 2. The first-order valence-electron chi connectivity index (χ1n) is 7.79. The Hall–Kier alpha value is -1.93. The van der Waals surface area contributed by atoms with Crippen molar-refractivity contribution in [2.24, 2.45) is 5.92 Å². The van der Waals surface area contributed by atoms with Gasteiger partial charge in [-0.25, -0.2) is 8.42 Å².